The molecule has 4 fully saturated rings. The maximum absolute atomic E-state index is 5.96. The number of ether oxygens (including phenoxy) is 1. The van der Waals surface area contributed by atoms with Crippen LogP contribution < -0.4 is 0 Å². The summed E-state index contributed by atoms with van der Waals surface area (Å²) in [5, 5.41) is 0. The molecule has 0 aromatic carbocycles. The van der Waals surface area contributed by atoms with Gasteiger partial charge in [-0.1, -0.05) is 20.8 Å². The van der Waals surface area contributed by atoms with E-state index in [0.29, 0.717) is 5.41 Å². The monoisotopic (exact) mass is 293 g/mol. The van der Waals surface area contributed by atoms with Crippen molar-refractivity contribution >= 4 is 0 Å². The molecule has 0 aromatic heterocycles. The lowest BCUT2D eigenvalue weighted by atomic mass is 9.45. The first-order valence-electron chi connectivity index (χ1n) is 9.37. The second-order valence-corrected chi connectivity index (χ2v) is 8.62. The van der Waals surface area contributed by atoms with Gasteiger partial charge in [-0.15, -0.1) is 0 Å². The van der Waals surface area contributed by atoms with Crippen molar-refractivity contribution in [3.05, 3.63) is 0 Å². The number of hydrogen-bond donors (Lipinski definition) is 0. The van der Waals surface area contributed by atoms with Gasteiger partial charge in [-0.25, -0.2) is 0 Å². The summed E-state index contributed by atoms with van der Waals surface area (Å²) in [4.78, 5) is 2.58. The van der Waals surface area contributed by atoms with Gasteiger partial charge in [-0.05, 0) is 80.7 Å². The molecular weight excluding hydrogens is 258 g/mol. The molecule has 0 aromatic rings. The molecular formula is C19H35NO. The molecule has 3 unspecified atom stereocenters. The molecule has 3 atom stereocenters. The predicted octanol–water partition coefficient (Wildman–Crippen LogP) is 4.20. The molecule has 1 heterocycles. The van der Waals surface area contributed by atoms with E-state index < -0.39 is 0 Å². The Kier molecular flexibility index (Phi) is 4.95. The fraction of sp³-hybridized carbons (Fsp3) is 1.00. The molecule has 3 aliphatic carbocycles. The standard InChI is InChI=1S/C19H35NO/c1-15-6-9-20(10-7-15)11-13-21-12-8-16-4-5-17-14-18(16)19(17,2)3/h15-18H,4-14H2,1-3H3. The molecule has 0 N–H and O–H groups in total. The predicted molar refractivity (Wildman–Crippen MR) is 88.4 cm³/mol. The lowest BCUT2D eigenvalue weighted by Crippen LogP contribution is -2.52. The first-order valence-corrected chi connectivity index (χ1v) is 9.37. The molecule has 4 rings (SSSR count). The van der Waals surface area contributed by atoms with Crippen molar-refractivity contribution in [1.29, 1.82) is 0 Å². The van der Waals surface area contributed by atoms with Crippen LogP contribution >= 0.6 is 0 Å². The molecule has 2 nitrogen and oxygen atoms in total. The van der Waals surface area contributed by atoms with Crippen LogP contribution in [-0.2, 0) is 4.74 Å². The Bertz CT molecular complexity index is 330. The van der Waals surface area contributed by atoms with Crippen LogP contribution in [0.3, 0.4) is 0 Å². The summed E-state index contributed by atoms with van der Waals surface area (Å²) in [6, 6.07) is 0. The van der Waals surface area contributed by atoms with Crippen LogP contribution in [0.1, 0.15) is 59.3 Å². The SMILES string of the molecule is CC1CCN(CCOCCC2CCC3CC2C3(C)C)CC1. The fourth-order valence-corrected chi connectivity index (χ4v) is 5.12. The number of rotatable bonds is 6. The Labute approximate surface area is 131 Å². The lowest BCUT2D eigenvalue weighted by molar-refractivity contribution is -0.111. The molecule has 0 radical (unpaired) electrons. The zero-order valence-electron chi connectivity index (χ0n) is 14.4. The van der Waals surface area contributed by atoms with E-state index in [1.54, 1.807) is 0 Å². The maximum atomic E-state index is 5.96. The van der Waals surface area contributed by atoms with Crippen molar-refractivity contribution < 1.29 is 4.74 Å². The second kappa shape index (κ2) is 6.58. The largest absolute Gasteiger partial charge is 0.380 e. The highest BCUT2D eigenvalue weighted by atomic mass is 16.5. The lowest BCUT2D eigenvalue weighted by Gasteiger charge is -2.60. The highest BCUT2D eigenvalue weighted by Crippen LogP contribution is 2.61. The molecule has 3 saturated carbocycles. The molecule has 2 bridgehead atoms. The average Bonchev–Trinajstić information content (AvgIpc) is 2.49. The molecule has 1 saturated heterocycles. The first kappa shape index (κ1) is 15.8. The van der Waals surface area contributed by atoms with E-state index in [1.165, 1.54) is 51.6 Å². The minimum atomic E-state index is 0.632. The number of likely N-dealkylation sites (tertiary alicyclic amines) is 1. The third-order valence-electron chi connectivity index (χ3n) is 7.06. The summed E-state index contributed by atoms with van der Waals surface area (Å²) >= 11 is 0. The third-order valence-corrected chi connectivity index (χ3v) is 7.06. The van der Waals surface area contributed by atoms with E-state index in [1.807, 2.05) is 0 Å². The Morgan fingerprint density at radius 3 is 2.48 bits per heavy atom. The minimum Gasteiger partial charge on any atom is -0.380 e. The van der Waals surface area contributed by atoms with Gasteiger partial charge in [-0.3, -0.25) is 0 Å². The van der Waals surface area contributed by atoms with Crippen LogP contribution in [0.2, 0.25) is 0 Å². The van der Waals surface area contributed by atoms with Gasteiger partial charge in [0.15, 0.2) is 0 Å². The van der Waals surface area contributed by atoms with E-state index in [2.05, 4.69) is 25.7 Å². The van der Waals surface area contributed by atoms with Gasteiger partial charge in [0.1, 0.15) is 0 Å². The number of fused-ring (bicyclic) bond motifs is 2. The summed E-state index contributed by atoms with van der Waals surface area (Å²) < 4.78 is 5.96. The van der Waals surface area contributed by atoms with E-state index in [9.17, 15) is 0 Å². The average molecular weight is 293 g/mol. The topological polar surface area (TPSA) is 12.5 Å². The van der Waals surface area contributed by atoms with Crippen molar-refractivity contribution in [2.24, 2.45) is 29.1 Å². The van der Waals surface area contributed by atoms with Crippen LogP contribution in [0, 0.1) is 29.1 Å². The number of piperidine rings is 1. The van der Waals surface area contributed by atoms with Crippen LogP contribution in [0.4, 0.5) is 0 Å². The van der Waals surface area contributed by atoms with Gasteiger partial charge in [0.25, 0.3) is 0 Å². The van der Waals surface area contributed by atoms with Crippen molar-refractivity contribution in [2.75, 3.05) is 32.8 Å². The van der Waals surface area contributed by atoms with Crippen molar-refractivity contribution in [1.82, 2.24) is 4.90 Å². The minimum absolute atomic E-state index is 0.632. The summed E-state index contributed by atoms with van der Waals surface area (Å²) in [6.45, 7) is 13.0. The Hall–Kier alpha value is -0.0800. The Balaban J connectivity index is 1.27. The summed E-state index contributed by atoms with van der Waals surface area (Å²) in [5.41, 5.74) is 0.632. The molecule has 0 amide bonds. The zero-order valence-corrected chi connectivity index (χ0v) is 14.4. The second-order valence-electron chi connectivity index (χ2n) is 8.62. The molecule has 122 valence electrons. The fourth-order valence-electron chi connectivity index (χ4n) is 5.12. The maximum Gasteiger partial charge on any atom is 0.0593 e. The Morgan fingerprint density at radius 1 is 1.05 bits per heavy atom. The van der Waals surface area contributed by atoms with E-state index in [4.69, 9.17) is 4.74 Å². The summed E-state index contributed by atoms with van der Waals surface area (Å²) in [5.74, 6) is 3.90. The van der Waals surface area contributed by atoms with Gasteiger partial charge in [0.05, 0.1) is 6.61 Å². The molecule has 1 aliphatic heterocycles. The van der Waals surface area contributed by atoms with Crippen LogP contribution in [0.5, 0.6) is 0 Å². The first-order chi connectivity index (χ1) is 10.1. The highest BCUT2D eigenvalue weighted by Gasteiger charge is 2.53. The van der Waals surface area contributed by atoms with Gasteiger partial charge < -0.3 is 9.64 Å². The highest BCUT2D eigenvalue weighted by molar-refractivity contribution is 5.03. The van der Waals surface area contributed by atoms with Crippen LogP contribution in [0.25, 0.3) is 0 Å². The van der Waals surface area contributed by atoms with Gasteiger partial charge in [0.2, 0.25) is 0 Å². The van der Waals surface area contributed by atoms with Gasteiger partial charge in [0, 0.05) is 13.2 Å². The van der Waals surface area contributed by atoms with Crippen LogP contribution in [0.15, 0.2) is 0 Å². The smallest absolute Gasteiger partial charge is 0.0593 e. The number of nitrogens with zero attached hydrogens (tertiary/aromatic N) is 1. The van der Waals surface area contributed by atoms with Gasteiger partial charge >= 0.3 is 0 Å². The quantitative estimate of drug-likeness (QED) is 0.681. The normalized spacial score (nSPS) is 36.4. The molecule has 4 aliphatic rings. The van der Waals surface area contributed by atoms with Crippen LogP contribution in [-0.4, -0.2) is 37.7 Å². The van der Waals surface area contributed by atoms with Gasteiger partial charge in [-0.2, -0.15) is 0 Å². The van der Waals surface area contributed by atoms with E-state index in [-0.39, 0.29) is 0 Å². The third kappa shape index (κ3) is 3.47. The van der Waals surface area contributed by atoms with Crippen molar-refractivity contribution in [2.45, 2.75) is 59.3 Å². The van der Waals surface area contributed by atoms with E-state index >= 15 is 0 Å². The Morgan fingerprint density at radius 2 is 1.81 bits per heavy atom. The summed E-state index contributed by atoms with van der Waals surface area (Å²) in [6.07, 6.45) is 8.49. The molecule has 0 spiro atoms. The summed E-state index contributed by atoms with van der Waals surface area (Å²) in [7, 11) is 0. The molecule has 21 heavy (non-hydrogen) atoms. The van der Waals surface area contributed by atoms with Crippen molar-refractivity contribution in [3.63, 3.8) is 0 Å². The zero-order chi connectivity index (χ0) is 14.9. The van der Waals surface area contributed by atoms with E-state index in [0.717, 1.165) is 43.4 Å². The molecule has 2 heteroatoms. The van der Waals surface area contributed by atoms with Crippen molar-refractivity contribution in [3.8, 4) is 0 Å². The number of hydrogen-bond acceptors (Lipinski definition) is 2.